The average molecular weight is 400 g/mol. The van der Waals surface area contributed by atoms with Crippen LogP contribution in [0, 0.1) is 11.8 Å². The lowest BCUT2D eigenvalue weighted by Crippen LogP contribution is -2.34. The molecule has 8 heteroatoms. The number of aliphatic carboxylic acids is 1. The van der Waals surface area contributed by atoms with E-state index in [0.29, 0.717) is 23.4 Å². The Kier molecular flexibility index (Phi) is 6.20. The van der Waals surface area contributed by atoms with Crippen molar-refractivity contribution in [1.82, 2.24) is 4.98 Å². The molecule has 2 N–H and O–H groups in total. The van der Waals surface area contributed by atoms with Crippen molar-refractivity contribution in [2.75, 3.05) is 11.9 Å². The Morgan fingerprint density at radius 3 is 2.50 bits per heavy atom. The molecule has 0 saturated heterocycles. The van der Waals surface area contributed by atoms with Crippen LogP contribution in [0.1, 0.15) is 29.4 Å². The van der Waals surface area contributed by atoms with Crippen LogP contribution in [-0.2, 0) is 14.3 Å². The molecule has 0 radical (unpaired) electrons. The van der Waals surface area contributed by atoms with E-state index in [0.717, 1.165) is 16.9 Å². The second kappa shape index (κ2) is 8.79. The minimum Gasteiger partial charge on any atom is -0.481 e. The maximum atomic E-state index is 12.7. The molecule has 1 aliphatic carbocycles. The summed E-state index contributed by atoms with van der Waals surface area (Å²) >= 11 is 1.02. The van der Waals surface area contributed by atoms with Crippen molar-refractivity contribution in [3.05, 3.63) is 47.4 Å². The van der Waals surface area contributed by atoms with Crippen molar-refractivity contribution in [2.24, 2.45) is 11.8 Å². The largest absolute Gasteiger partial charge is 0.481 e. The molecule has 2 atom stereocenters. The Bertz CT molecular complexity index is 907. The van der Waals surface area contributed by atoms with Crippen LogP contribution in [0.15, 0.2) is 42.5 Å². The van der Waals surface area contributed by atoms with Crippen molar-refractivity contribution in [1.29, 1.82) is 0 Å². The molecule has 0 spiro atoms. The number of anilines is 1. The molecular formula is C20H20N2O5S. The van der Waals surface area contributed by atoms with Gasteiger partial charge in [-0.1, -0.05) is 53.8 Å². The first-order chi connectivity index (χ1) is 13.5. The van der Waals surface area contributed by atoms with Gasteiger partial charge in [-0.15, -0.1) is 0 Å². The highest BCUT2D eigenvalue weighted by molar-refractivity contribution is 7.18. The van der Waals surface area contributed by atoms with Crippen molar-refractivity contribution >= 4 is 34.3 Å². The number of nitrogens with zero attached hydrogens (tertiary/aromatic N) is 1. The number of amides is 1. The number of carbonyl (C=O) groups is 3. The van der Waals surface area contributed by atoms with Gasteiger partial charge in [-0.25, -0.2) is 9.78 Å². The van der Waals surface area contributed by atoms with Gasteiger partial charge in [0.1, 0.15) is 4.88 Å². The third kappa shape index (κ3) is 4.28. The fourth-order valence-corrected chi connectivity index (χ4v) is 3.96. The van der Waals surface area contributed by atoms with Crippen LogP contribution in [0.5, 0.6) is 0 Å². The van der Waals surface area contributed by atoms with Crippen LogP contribution < -0.4 is 5.32 Å². The second-order valence-corrected chi connectivity index (χ2v) is 7.27. The van der Waals surface area contributed by atoms with E-state index < -0.39 is 29.7 Å². The first kappa shape index (κ1) is 19.8. The van der Waals surface area contributed by atoms with Crippen LogP contribution in [0.3, 0.4) is 0 Å². The zero-order valence-corrected chi connectivity index (χ0v) is 16.1. The second-order valence-electron chi connectivity index (χ2n) is 6.27. The number of rotatable bonds is 6. The number of aromatic nitrogens is 1. The first-order valence-electron chi connectivity index (χ1n) is 8.93. The summed E-state index contributed by atoms with van der Waals surface area (Å²) in [6.07, 6.45) is 4.25. The minimum absolute atomic E-state index is 0.224. The molecular weight excluding hydrogens is 380 g/mol. The zero-order valence-electron chi connectivity index (χ0n) is 15.3. The smallest absolute Gasteiger partial charge is 0.350 e. The number of allylic oxidation sites excluding steroid dienone is 2. The fraction of sp³-hybridized carbons (Fsp3) is 0.300. The number of carbonyl (C=O) groups excluding carboxylic acids is 2. The highest BCUT2D eigenvalue weighted by Crippen LogP contribution is 2.33. The number of esters is 1. The summed E-state index contributed by atoms with van der Waals surface area (Å²) in [4.78, 5) is 41.1. The summed E-state index contributed by atoms with van der Waals surface area (Å²) in [5, 5.41) is 12.3. The van der Waals surface area contributed by atoms with Gasteiger partial charge in [0, 0.05) is 5.56 Å². The lowest BCUT2D eigenvalue weighted by atomic mass is 9.82. The van der Waals surface area contributed by atoms with Crippen LogP contribution in [0.25, 0.3) is 11.3 Å². The molecule has 146 valence electrons. The van der Waals surface area contributed by atoms with E-state index in [2.05, 4.69) is 10.3 Å². The average Bonchev–Trinajstić information content (AvgIpc) is 3.12. The molecule has 0 unspecified atom stereocenters. The highest BCUT2D eigenvalue weighted by atomic mass is 32.1. The van der Waals surface area contributed by atoms with Crippen molar-refractivity contribution in [3.8, 4) is 11.3 Å². The van der Waals surface area contributed by atoms with Gasteiger partial charge in [-0.05, 0) is 19.8 Å². The predicted octanol–water partition coefficient (Wildman–Crippen LogP) is 3.59. The molecule has 0 bridgehead atoms. The third-order valence-corrected chi connectivity index (χ3v) is 5.40. The van der Waals surface area contributed by atoms with Gasteiger partial charge < -0.3 is 15.2 Å². The van der Waals surface area contributed by atoms with Gasteiger partial charge >= 0.3 is 11.9 Å². The number of hydrogen-bond donors (Lipinski definition) is 2. The molecule has 28 heavy (non-hydrogen) atoms. The fourth-order valence-electron chi connectivity index (χ4n) is 3.08. The lowest BCUT2D eigenvalue weighted by Gasteiger charge is -2.23. The summed E-state index contributed by atoms with van der Waals surface area (Å²) in [5.41, 5.74) is 1.16. The molecule has 7 nitrogen and oxygen atoms in total. The normalized spacial score (nSPS) is 18.5. The quantitative estimate of drug-likeness (QED) is 0.567. The van der Waals surface area contributed by atoms with Crippen molar-refractivity contribution in [2.45, 2.75) is 19.8 Å². The van der Waals surface area contributed by atoms with Crippen LogP contribution in [0.4, 0.5) is 5.13 Å². The third-order valence-electron chi connectivity index (χ3n) is 4.45. The standard InChI is InChI=1S/C20H20N2O5S/c1-2-27-19(26)16-15(12-8-4-3-5-9-12)21-20(28-16)22-17(23)13-10-6-7-11-14(13)18(24)25/h3-9,13-14H,2,10-11H2,1H3,(H,24,25)(H,21,22,23)/t13-,14+/m0/s1. The molecule has 1 heterocycles. The molecule has 2 aromatic rings. The topological polar surface area (TPSA) is 106 Å². The molecule has 0 aliphatic heterocycles. The van der Waals surface area contributed by atoms with Gasteiger partial charge in [0.2, 0.25) is 5.91 Å². The SMILES string of the molecule is CCOC(=O)c1sc(NC(=O)[C@H]2CC=CC[C@H]2C(=O)O)nc1-c1ccccc1. The summed E-state index contributed by atoms with van der Waals surface area (Å²) < 4.78 is 5.11. The minimum atomic E-state index is -0.999. The summed E-state index contributed by atoms with van der Waals surface area (Å²) in [5.74, 6) is -3.38. The maximum absolute atomic E-state index is 12.7. The zero-order chi connectivity index (χ0) is 20.1. The number of ether oxygens (including phenoxy) is 1. The van der Waals surface area contributed by atoms with Crippen molar-refractivity contribution < 1.29 is 24.2 Å². The number of thiazole rings is 1. The van der Waals surface area contributed by atoms with Gasteiger partial charge in [0.15, 0.2) is 5.13 Å². The predicted molar refractivity (Wildman–Crippen MR) is 105 cm³/mol. The van der Waals surface area contributed by atoms with Crippen molar-refractivity contribution in [3.63, 3.8) is 0 Å². The van der Waals surface area contributed by atoms with E-state index in [1.807, 2.05) is 36.4 Å². The number of hydrogen-bond acceptors (Lipinski definition) is 6. The molecule has 0 fully saturated rings. The van der Waals surface area contributed by atoms with Crippen LogP contribution >= 0.6 is 11.3 Å². The van der Waals surface area contributed by atoms with Gasteiger partial charge in [0.25, 0.3) is 0 Å². The Morgan fingerprint density at radius 2 is 1.86 bits per heavy atom. The summed E-state index contributed by atoms with van der Waals surface area (Å²) in [6.45, 7) is 1.94. The summed E-state index contributed by atoms with van der Waals surface area (Å²) in [7, 11) is 0. The Hall–Kier alpha value is -3.00. The number of carboxylic acid groups (broad SMARTS) is 1. The van der Waals surface area contributed by atoms with Gasteiger partial charge in [0.05, 0.1) is 24.1 Å². The molecule has 1 amide bonds. The lowest BCUT2D eigenvalue weighted by molar-refractivity contribution is -0.146. The Balaban J connectivity index is 1.88. The number of nitrogens with one attached hydrogen (secondary N) is 1. The number of carboxylic acids is 1. The summed E-state index contributed by atoms with van der Waals surface area (Å²) in [6, 6.07) is 9.14. The highest BCUT2D eigenvalue weighted by Gasteiger charge is 2.34. The van der Waals surface area contributed by atoms with E-state index in [9.17, 15) is 19.5 Å². The van der Waals surface area contributed by atoms with E-state index in [1.165, 1.54) is 0 Å². The number of benzene rings is 1. The molecule has 1 aromatic carbocycles. The molecule has 3 rings (SSSR count). The first-order valence-corrected chi connectivity index (χ1v) is 9.75. The molecule has 1 aliphatic rings. The monoisotopic (exact) mass is 400 g/mol. The van der Waals surface area contributed by atoms with E-state index in [-0.39, 0.29) is 11.7 Å². The van der Waals surface area contributed by atoms with Gasteiger partial charge in [-0.2, -0.15) is 0 Å². The maximum Gasteiger partial charge on any atom is 0.350 e. The molecule has 0 saturated carbocycles. The van der Waals surface area contributed by atoms with Crippen LogP contribution in [0.2, 0.25) is 0 Å². The van der Waals surface area contributed by atoms with Gasteiger partial charge in [-0.3, -0.25) is 9.59 Å². The van der Waals surface area contributed by atoms with E-state index in [4.69, 9.17) is 4.74 Å². The van der Waals surface area contributed by atoms with E-state index in [1.54, 1.807) is 13.0 Å². The molecule has 1 aromatic heterocycles. The van der Waals surface area contributed by atoms with E-state index >= 15 is 0 Å². The Labute approximate surface area is 166 Å². The Morgan fingerprint density at radius 1 is 1.18 bits per heavy atom. The van der Waals surface area contributed by atoms with Crippen LogP contribution in [-0.4, -0.2) is 34.5 Å².